The highest BCUT2D eigenvalue weighted by Gasteiger charge is 2.21. The highest BCUT2D eigenvalue weighted by molar-refractivity contribution is 5.94. The van der Waals surface area contributed by atoms with E-state index in [2.05, 4.69) is 17.3 Å². The van der Waals surface area contributed by atoms with Gasteiger partial charge in [0.2, 0.25) is 0 Å². The maximum Gasteiger partial charge on any atom is 0.251 e. The van der Waals surface area contributed by atoms with Gasteiger partial charge in [-0.15, -0.1) is 0 Å². The van der Waals surface area contributed by atoms with Crippen LogP contribution in [0.1, 0.15) is 23.2 Å². The number of carbonyl (C=O) groups is 1. The zero-order valence-corrected chi connectivity index (χ0v) is 13.9. The molecule has 126 valence electrons. The lowest BCUT2D eigenvalue weighted by Crippen LogP contribution is -2.38. The Labute approximate surface area is 142 Å². The highest BCUT2D eigenvalue weighted by atomic mass is 16.5. The Morgan fingerprint density at radius 2 is 2.04 bits per heavy atom. The lowest BCUT2D eigenvalue weighted by atomic mass is 10.2. The third-order valence-corrected chi connectivity index (χ3v) is 4.38. The largest absolute Gasteiger partial charge is 0.457 e. The van der Waals surface area contributed by atoms with Gasteiger partial charge >= 0.3 is 0 Å². The fraction of sp³-hybridized carbons (Fsp3) is 0.316. The first-order valence-electron chi connectivity index (χ1n) is 8.24. The summed E-state index contributed by atoms with van der Waals surface area (Å²) in [4.78, 5) is 14.6. The van der Waals surface area contributed by atoms with E-state index in [1.807, 2.05) is 12.1 Å². The van der Waals surface area contributed by atoms with Crippen LogP contribution in [0.2, 0.25) is 0 Å². The highest BCUT2D eigenvalue weighted by Crippen LogP contribution is 2.23. The Bertz CT molecular complexity index is 700. The number of benzene rings is 2. The van der Waals surface area contributed by atoms with Crippen LogP contribution in [0.4, 0.5) is 5.69 Å². The van der Waals surface area contributed by atoms with E-state index in [0.29, 0.717) is 35.3 Å². The van der Waals surface area contributed by atoms with E-state index in [1.165, 1.54) is 6.42 Å². The van der Waals surface area contributed by atoms with Crippen LogP contribution < -0.4 is 15.8 Å². The van der Waals surface area contributed by atoms with Crippen LogP contribution in [0.5, 0.6) is 11.5 Å². The number of likely N-dealkylation sites (tertiary alicyclic amines) is 1. The summed E-state index contributed by atoms with van der Waals surface area (Å²) in [7, 11) is 2.10. The van der Waals surface area contributed by atoms with Gasteiger partial charge in [-0.05, 0) is 68.9 Å². The number of nitrogen functional groups attached to an aromatic ring is 1. The van der Waals surface area contributed by atoms with Crippen molar-refractivity contribution in [3.05, 3.63) is 54.1 Å². The Hall–Kier alpha value is -2.53. The molecule has 1 fully saturated rings. The summed E-state index contributed by atoms with van der Waals surface area (Å²) in [5, 5.41) is 3.02. The molecule has 2 aromatic carbocycles. The Kier molecular flexibility index (Phi) is 5.01. The molecule has 1 heterocycles. The molecule has 1 unspecified atom stereocenters. The van der Waals surface area contributed by atoms with Gasteiger partial charge in [-0.2, -0.15) is 0 Å². The van der Waals surface area contributed by atoms with Crippen molar-refractivity contribution < 1.29 is 9.53 Å². The van der Waals surface area contributed by atoms with Gasteiger partial charge in [0.25, 0.3) is 5.91 Å². The van der Waals surface area contributed by atoms with Crippen molar-refractivity contribution >= 4 is 11.6 Å². The van der Waals surface area contributed by atoms with Gasteiger partial charge in [-0.1, -0.05) is 6.07 Å². The smallest absolute Gasteiger partial charge is 0.251 e. The SMILES string of the molecule is CN1CCCC1CNC(=O)c1cccc(Oc2ccc(N)cc2)c1. The maximum atomic E-state index is 12.4. The van der Waals surface area contributed by atoms with Crippen molar-refractivity contribution in [1.82, 2.24) is 10.2 Å². The monoisotopic (exact) mass is 325 g/mol. The normalized spacial score (nSPS) is 17.6. The molecule has 2 aromatic rings. The molecule has 0 bridgehead atoms. The number of anilines is 1. The first-order chi connectivity index (χ1) is 11.6. The third-order valence-electron chi connectivity index (χ3n) is 4.38. The second-order valence-corrected chi connectivity index (χ2v) is 6.19. The molecule has 0 aliphatic carbocycles. The van der Waals surface area contributed by atoms with Crippen LogP contribution in [0.25, 0.3) is 0 Å². The Morgan fingerprint density at radius 1 is 1.25 bits per heavy atom. The molecule has 0 spiro atoms. The molecule has 3 N–H and O–H groups in total. The fourth-order valence-corrected chi connectivity index (χ4v) is 2.92. The number of nitrogens with zero attached hydrogens (tertiary/aromatic N) is 1. The second kappa shape index (κ2) is 7.36. The molecule has 1 atom stereocenters. The molecule has 1 amide bonds. The van der Waals surface area contributed by atoms with Crippen LogP contribution >= 0.6 is 0 Å². The van der Waals surface area contributed by atoms with Gasteiger partial charge in [0, 0.05) is 23.8 Å². The molecule has 0 aromatic heterocycles. The van der Waals surface area contributed by atoms with Crippen molar-refractivity contribution in [2.24, 2.45) is 0 Å². The van der Waals surface area contributed by atoms with Crippen molar-refractivity contribution in [3.8, 4) is 11.5 Å². The Balaban J connectivity index is 1.61. The molecule has 3 rings (SSSR count). The van der Waals surface area contributed by atoms with Crippen LogP contribution in [0.3, 0.4) is 0 Å². The first-order valence-corrected chi connectivity index (χ1v) is 8.24. The summed E-state index contributed by atoms with van der Waals surface area (Å²) in [6, 6.07) is 14.8. The molecule has 1 aliphatic rings. The standard InChI is InChI=1S/C19H23N3O2/c1-22-11-3-5-16(22)13-21-19(23)14-4-2-6-18(12-14)24-17-9-7-15(20)8-10-17/h2,4,6-10,12,16H,3,5,11,13,20H2,1H3,(H,21,23). The third kappa shape index (κ3) is 4.06. The van der Waals surface area contributed by atoms with Gasteiger partial charge in [0.15, 0.2) is 0 Å². The van der Waals surface area contributed by atoms with Crippen molar-refractivity contribution in [3.63, 3.8) is 0 Å². The van der Waals surface area contributed by atoms with E-state index in [9.17, 15) is 4.79 Å². The molecule has 0 radical (unpaired) electrons. The van der Waals surface area contributed by atoms with Crippen molar-refractivity contribution in [2.45, 2.75) is 18.9 Å². The number of amides is 1. The number of nitrogens with one attached hydrogen (secondary N) is 1. The van der Waals surface area contributed by atoms with E-state index in [4.69, 9.17) is 10.5 Å². The summed E-state index contributed by atoms with van der Waals surface area (Å²) in [6.45, 7) is 1.78. The van der Waals surface area contributed by atoms with Gasteiger partial charge in [0.1, 0.15) is 11.5 Å². The predicted molar refractivity (Wildman–Crippen MR) is 95.4 cm³/mol. The maximum absolute atomic E-state index is 12.4. The molecule has 1 saturated heterocycles. The minimum Gasteiger partial charge on any atom is -0.457 e. The van der Waals surface area contributed by atoms with E-state index >= 15 is 0 Å². The number of nitrogens with two attached hydrogens (primary N) is 1. The molecule has 5 heteroatoms. The summed E-state index contributed by atoms with van der Waals surface area (Å²) in [5.74, 6) is 1.25. The lowest BCUT2D eigenvalue weighted by Gasteiger charge is -2.19. The lowest BCUT2D eigenvalue weighted by molar-refractivity contribution is 0.0943. The molecular weight excluding hydrogens is 302 g/mol. The minimum absolute atomic E-state index is 0.0712. The van der Waals surface area contributed by atoms with E-state index in [1.54, 1.807) is 36.4 Å². The summed E-state index contributed by atoms with van der Waals surface area (Å²) in [5.41, 5.74) is 6.95. The number of hydrogen-bond acceptors (Lipinski definition) is 4. The van der Waals surface area contributed by atoms with Crippen molar-refractivity contribution in [2.75, 3.05) is 25.9 Å². The van der Waals surface area contributed by atoms with Crippen LogP contribution in [-0.2, 0) is 0 Å². The summed E-state index contributed by atoms with van der Waals surface area (Å²) in [6.07, 6.45) is 2.33. The van der Waals surface area contributed by atoms with E-state index in [0.717, 1.165) is 13.0 Å². The molecule has 24 heavy (non-hydrogen) atoms. The molecule has 5 nitrogen and oxygen atoms in total. The number of rotatable bonds is 5. The minimum atomic E-state index is -0.0712. The molecular formula is C19H23N3O2. The fourth-order valence-electron chi connectivity index (χ4n) is 2.92. The zero-order chi connectivity index (χ0) is 16.9. The van der Waals surface area contributed by atoms with E-state index in [-0.39, 0.29) is 5.91 Å². The molecule has 1 aliphatic heterocycles. The topological polar surface area (TPSA) is 67.6 Å². The Morgan fingerprint density at radius 3 is 2.75 bits per heavy atom. The number of carbonyl (C=O) groups excluding carboxylic acids is 1. The first kappa shape index (κ1) is 16.3. The average Bonchev–Trinajstić information content (AvgIpc) is 3.00. The van der Waals surface area contributed by atoms with Crippen LogP contribution in [0.15, 0.2) is 48.5 Å². The average molecular weight is 325 g/mol. The van der Waals surface area contributed by atoms with Gasteiger partial charge in [0.05, 0.1) is 0 Å². The summed E-state index contributed by atoms with van der Waals surface area (Å²) >= 11 is 0. The number of hydrogen-bond donors (Lipinski definition) is 2. The number of likely N-dealkylation sites (N-methyl/N-ethyl adjacent to an activating group) is 1. The second-order valence-electron chi connectivity index (χ2n) is 6.19. The van der Waals surface area contributed by atoms with Gasteiger partial charge < -0.3 is 20.7 Å². The molecule has 0 saturated carbocycles. The zero-order valence-electron chi connectivity index (χ0n) is 13.9. The van der Waals surface area contributed by atoms with Gasteiger partial charge in [-0.3, -0.25) is 4.79 Å². The van der Waals surface area contributed by atoms with Gasteiger partial charge in [-0.25, -0.2) is 0 Å². The number of ether oxygens (including phenoxy) is 1. The van der Waals surface area contributed by atoms with E-state index < -0.39 is 0 Å². The van der Waals surface area contributed by atoms with Crippen molar-refractivity contribution in [1.29, 1.82) is 0 Å². The predicted octanol–water partition coefficient (Wildman–Crippen LogP) is 2.89. The van der Waals surface area contributed by atoms with Crippen LogP contribution in [0, 0.1) is 0 Å². The summed E-state index contributed by atoms with van der Waals surface area (Å²) < 4.78 is 5.78. The quantitative estimate of drug-likeness (QED) is 0.830. The van der Waals surface area contributed by atoms with Crippen LogP contribution in [-0.4, -0.2) is 37.0 Å².